The van der Waals surface area contributed by atoms with Crippen molar-refractivity contribution in [3.8, 4) is 5.75 Å². The molecular formula is C12H17ClN2O2. The van der Waals surface area contributed by atoms with Gasteiger partial charge in [-0.2, -0.15) is 0 Å². The highest BCUT2D eigenvalue weighted by Gasteiger charge is 2.11. The zero-order valence-electron chi connectivity index (χ0n) is 9.96. The molecule has 0 saturated carbocycles. The second kappa shape index (κ2) is 6.47. The Morgan fingerprint density at radius 1 is 1.47 bits per heavy atom. The van der Waals surface area contributed by atoms with E-state index in [9.17, 15) is 9.90 Å². The summed E-state index contributed by atoms with van der Waals surface area (Å²) >= 11 is 5.69. The molecule has 94 valence electrons. The molecule has 0 aliphatic carbocycles. The van der Waals surface area contributed by atoms with E-state index in [2.05, 4.69) is 10.6 Å². The largest absolute Gasteiger partial charge is 0.507 e. The maximum absolute atomic E-state index is 11.8. The van der Waals surface area contributed by atoms with Crippen LogP contribution >= 0.6 is 11.6 Å². The van der Waals surface area contributed by atoms with Gasteiger partial charge in [0.05, 0.1) is 5.56 Å². The standard InChI is InChI=1S/C12H17ClN2O2/c1-8(6-14-2)7-15-12(17)10-4-3-9(13)5-11(10)16/h3-5,8,14,16H,6-7H2,1-2H3,(H,15,17). The lowest BCUT2D eigenvalue weighted by atomic mass is 10.1. The van der Waals surface area contributed by atoms with E-state index in [-0.39, 0.29) is 17.2 Å². The number of benzene rings is 1. The third kappa shape index (κ3) is 4.24. The van der Waals surface area contributed by atoms with Crippen LogP contribution in [0.2, 0.25) is 5.02 Å². The van der Waals surface area contributed by atoms with Gasteiger partial charge in [-0.05, 0) is 37.7 Å². The molecular weight excluding hydrogens is 240 g/mol. The normalized spacial score (nSPS) is 12.2. The number of halogens is 1. The van der Waals surface area contributed by atoms with Crippen LogP contribution in [0.1, 0.15) is 17.3 Å². The fourth-order valence-electron chi connectivity index (χ4n) is 1.48. The van der Waals surface area contributed by atoms with Gasteiger partial charge in [-0.1, -0.05) is 18.5 Å². The first-order valence-corrected chi connectivity index (χ1v) is 5.83. The van der Waals surface area contributed by atoms with Gasteiger partial charge in [0.25, 0.3) is 5.91 Å². The number of carbonyl (C=O) groups is 1. The Morgan fingerprint density at radius 2 is 2.18 bits per heavy atom. The highest BCUT2D eigenvalue weighted by Crippen LogP contribution is 2.21. The van der Waals surface area contributed by atoms with Crippen molar-refractivity contribution >= 4 is 17.5 Å². The van der Waals surface area contributed by atoms with Gasteiger partial charge in [0.15, 0.2) is 0 Å². The van der Waals surface area contributed by atoms with Gasteiger partial charge in [0.2, 0.25) is 0 Å². The summed E-state index contributed by atoms with van der Waals surface area (Å²) in [4.78, 5) is 11.8. The molecule has 0 spiro atoms. The average Bonchev–Trinajstić information content (AvgIpc) is 2.26. The van der Waals surface area contributed by atoms with Crippen LogP contribution in [0.15, 0.2) is 18.2 Å². The summed E-state index contributed by atoms with van der Waals surface area (Å²) < 4.78 is 0. The van der Waals surface area contributed by atoms with Gasteiger partial charge < -0.3 is 15.7 Å². The van der Waals surface area contributed by atoms with Crippen LogP contribution < -0.4 is 10.6 Å². The van der Waals surface area contributed by atoms with E-state index < -0.39 is 0 Å². The number of hydrogen-bond donors (Lipinski definition) is 3. The predicted molar refractivity (Wildman–Crippen MR) is 68.5 cm³/mol. The lowest BCUT2D eigenvalue weighted by Gasteiger charge is -2.12. The lowest BCUT2D eigenvalue weighted by molar-refractivity contribution is 0.0945. The maximum Gasteiger partial charge on any atom is 0.255 e. The number of aromatic hydroxyl groups is 1. The lowest BCUT2D eigenvalue weighted by Crippen LogP contribution is -2.32. The van der Waals surface area contributed by atoms with Gasteiger partial charge >= 0.3 is 0 Å². The SMILES string of the molecule is CNCC(C)CNC(=O)c1ccc(Cl)cc1O. The van der Waals surface area contributed by atoms with Crippen LogP contribution in [0.4, 0.5) is 0 Å². The zero-order valence-corrected chi connectivity index (χ0v) is 10.7. The van der Waals surface area contributed by atoms with Gasteiger partial charge in [0, 0.05) is 11.6 Å². The van der Waals surface area contributed by atoms with E-state index in [0.717, 1.165) is 6.54 Å². The van der Waals surface area contributed by atoms with Crippen LogP contribution in [0.25, 0.3) is 0 Å². The number of carbonyl (C=O) groups excluding carboxylic acids is 1. The van der Waals surface area contributed by atoms with Crippen LogP contribution in [-0.4, -0.2) is 31.2 Å². The van der Waals surface area contributed by atoms with Crippen molar-refractivity contribution in [3.05, 3.63) is 28.8 Å². The van der Waals surface area contributed by atoms with Crippen molar-refractivity contribution in [2.24, 2.45) is 5.92 Å². The molecule has 1 rings (SSSR count). The Kier molecular flexibility index (Phi) is 5.25. The second-order valence-corrected chi connectivity index (χ2v) is 4.47. The van der Waals surface area contributed by atoms with Gasteiger partial charge in [0.1, 0.15) is 5.75 Å². The molecule has 0 radical (unpaired) electrons. The number of rotatable bonds is 5. The molecule has 0 aromatic heterocycles. The molecule has 5 heteroatoms. The zero-order chi connectivity index (χ0) is 12.8. The molecule has 1 amide bonds. The van der Waals surface area contributed by atoms with Gasteiger partial charge in [-0.3, -0.25) is 4.79 Å². The third-order valence-corrected chi connectivity index (χ3v) is 2.60. The van der Waals surface area contributed by atoms with Crippen LogP contribution in [-0.2, 0) is 0 Å². The predicted octanol–water partition coefficient (Wildman–Crippen LogP) is 1.63. The summed E-state index contributed by atoms with van der Waals surface area (Å²) in [5.74, 6) is -0.0585. The van der Waals surface area contributed by atoms with E-state index in [1.807, 2.05) is 14.0 Å². The molecule has 4 nitrogen and oxygen atoms in total. The molecule has 1 atom stereocenters. The molecule has 3 N–H and O–H groups in total. The van der Waals surface area contributed by atoms with Crippen molar-refractivity contribution in [1.82, 2.24) is 10.6 Å². The van der Waals surface area contributed by atoms with Crippen LogP contribution in [0, 0.1) is 5.92 Å². The topological polar surface area (TPSA) is 61.4 Å². The monoisotopic (exact) mass is 256 g/mol. The first-order valence-electron chi connectivity index (χ1n) is 5.46. The van der Waals surface area contributed by atoms with E-state index >= 15 is 0 Å². The quantitative estimate of drug-likeness (QED) is 0.751. The molecule has 0 aliphatic heterocycles. The highest BCUT2D eigenvalue weighted by molar-refractivity contribution is 6.30. The fraction of sp³-hybridized carbons (Fsp3) is 0.417. The Bertz CT molecular complexity index is 396. The molecule has 0 fully saturated rings. The van der Waals surface area contributed by atoms with E-state index in [1.165, 1.54) is 12.1 Å². The molecule has 1 aromatic carbocycles. The number of amides is 1. The average molecular weight is 257 g/mol. The van der Waals surface area contributed by atoms with E-state index in [1.54, 1.807) is 6.07 Å². The fourth-order valence-corrected chi connectivity index (χ4v) is 1.65. The highest BCUT2D eigenvalue weighted by atomic mass is 35.5. The summed E-state index contributed by atoms with van der Waals surface area (Å²) in [6, 6.07) is 4.44. The Hall–Kier alpha value is -1.26. The summed E-state index contributed by atoms with van der Waals surface area (Å²) in [5, 5.41) is 15.8. The minimum absolute atomic E-state index is 0.101. The first kappa shape index (κ1) is 13.8. The van der Waals surface area contributed by atoms with Crippen LogP contribution in [0.5, 0.6) is 5.75 Å². The summed E-state index contributed by atoms with van der Waals surface area (Å²) in [7, 11) is 1.86. The number of phenolic OH excluding ortho intramolecular Hbond substituents is 1. The molecule has 0 heterocycles. The van der Waals surface area contributed by atoms with Gasteiger partial charge in [-0.25, -0.2) is 0 Å². The molecule has 0 aliphatic rings. The molecule has 0 saturated heterocycles. The van der Waals surface area contributed by atoms with Gasteiger partial charge in [-0.15, -0.1) is 0 Å². The van der Waals surface area contributed by atoms with Crippen molar-refractivity contribution < 1.29 is 9.90 Å². The summed E-state index contributed by atoms with van der Waals surface area (Å²) in [6.45, 7) is 3.41. The van der Waals surface area contributed by atoms with E-state index in [4.69, 9.17) is 11.6 Å². The number of phenols is 1. The Morgan fingerprint density at radius 3 is 2.76 bits per heavy atom. The third-order valence-electron chi connectivity index (χ3n) is 2.37. The molecule has 1 aromatic rings. The van der Waals surface area contributed by atoms with Crippen LogP contribution in [0.3, 0.4) is 0 Å². The van der Waals surface area contributed by atoms with Crippen molar-refractivity contribution in [2.75, 3.05) is 20.1 Å². The van der Waals surface area contributed by atoms with E-state index in [0.29, 0.717) is 17.5 Å². The Balaban J connectivity index is 2.58. The second-order valence-electron chi connectivity index (χ2n) is 4.03. The number of hydrogen-bond acceptors (Lipinski definition) is 3. The minimum Gasteiger partial charge on any atom is -0.507 e. The van der Waals surface area contributed by atoms with Crippen molar-refractivity contribution in [2.45, 2.75) is 6.92 Å². The maximum atomic E-state index is 11.8. The smallest absolute Gasteiger partial charge is 0.255 e. The van der Waals surface area contributed by atoms with Crippen molar-refractivity contribution in [1.29, 1.82) is 0 Å². The van der Waals surface area contributed by atoms with Crippen molar-refractivity contribution in [3.63, 3.8) is 0 Å². The summed E-state index contributed by atoms with van der Waals surface area (Å²) in [6.07, 6.45) is 0. The first-order chi connectivity index (χ1) is 8.04. The minimum atomic E-state index is -0.290. The molecule has 0 bridgehead atoms. The molecule has 17 heavy (non-hydrogen) atoms. The summed E-state index contributed by atoms with van der Waals surface area (Å²) in [5.41, 5.74) is 0.242. The Labute approximate surface area is 106 Å². The molecule has 1 unspecified atom stereocenters. The number of nitrogens with one attached hydrogen (secondary N) is 2.